The van der Waals surface area contributed by atoms with E-state index in [0.29, 0.717) is 24.4 Å². The van der Waals surface area contributed by atoms with Crippen LogP contribution in [0.4, 0.5) is 10.5 Å². The van der Waals surface area contributed by atoms with Gasteiger partial charge < -0.3 is 20.1 Å². The normalized spacial score (nSPS) is 10.5. The minimum atomic E-state index is -1.01. The van der Waals surface area contributed by atoms with E-state index < -0.39 is 5.97 Å². The highest BCUT2D eigenvalue weighted by Gasteiger charge is 2.12. The molecule has 0 aromatic heterocycles. The van der Waals surface area contributed by atoms with Gasteiger partial charge in [-0.25, -0.2) is 9.59 Å². The maximum atomic E-state index is 12.0. The Bertz CT molecular complexity index is 514. The molecule has 0 aliphatic rings. The number of nitrogens with zero attached hydrogens (tertiary/aromatic N) is 1. The molecule has 2 N–H and O–H groups in total. The Morgan fingerprint density at radius 3 is 2.62 bits per heavy atom. The number of anilines is 1. The van der Waals surface area contributed by atoms with Crippen LogP contribution in [0, 0.1) is 6.92 Å². The first-order valence-corrected chi connectivity index (χ1v) is 6.79. The lowest BCUT2D eigenvalue weighted by Gasteiger charge is -2.19. The van der Waals surface area contributed by atoms with Crippen molar-refractivity contribution in [2.45, 2.75) is 26.9 Å². The van der Waals surface area contributed by atoms with E-state index in [-0.39, 0.29) is 17.7 Å². The van der Waals surface area contributed by atoms with Crippen molar-refractivity contribution >= 4 is 17.7 Å². The second kappa shape index (κ2) is 7.64. The van der Waals surface area contributed by atoms with Crippen LogP contribution in [-0.4, -0.2) is 48.3 Å². The maximum Gasteiger partial charge on any atom is 0.336 e. The topological polar surface area (TPSA) is 78.9 Å². The Hall–Kier alpha value is -2.08. The molecule has 0 atom stereocenters. The second-order valence-electron chi connectivity index (χ2n) is 5.11. The molecular weight excluding hydrogens is 272 g/mol. The fraction of sp³-hybridized carbons (Fsp3) is 0.467. The summed E-state index contributed by atoms with van der Waals surface area (Å²) in [6.07, 6.45) is 0.122. The van der Waals surface area contributed by atoms with Crippen molar-refractivity contribution in [1.29, 1.82) is 0 Å². The number of rotatable bonds is 6. The number of benzene rings is 1. The largest absolute Gasteiger partial charge is 0.478 e. The van der Waals surface area contributed by atoms with E-state index in [0.717, 1.165) is 0 Å². The summed E-state index contributed by atoms with van der Waals surface area (Å²) in [5.74, 6) is -1.01. The van der Waals surface area contributed by atoms with Crippen molar-refractivity contribution < 1.29 is 19.4 Å². The van der Waals surface area contributed by atoms with Crippen LogP contribution < -0.4 is 5.32 Å². The van der Waals surface area contributed by atoms with Crippen LogP contribution in [-0.2, 0) is 4.74 Å². The zero-order valence-electron chi connectivity index (χ0n) is 12.8. The highest BCUT2D eigenvalue weighted by Crippen LogP contribution is 2.15. The van der Waals surface area contributed by atoms with Gasteiger partial charge in [0.2, 0.25) is 0 Å². The van der Waals surface area contributed by atoms with Crippen LogP contribution in [0.2, 0.25) is 0 Å². The van der Waals surface area contributed by atoms with Crippen molar-refractivity contribution in [3.05, 3.63) is 29.3 Å². The van der Waals surface area contributed by atoms with E-state index in [2.05, 4.69) is 5.32 Å². The number of nitrogens with one attached hydrogen (secondary N) is 1. The average molecular weight is 294 g/mol. The molecule has 0 radical (unpaired) electrons. The number of urea groups is 1. The van der Waals surface area contributed by atoms with Gasteiger partial charge in [-0.15, -0.1) is 0 Å². The number of aryl methyl sites for hydroxylation is 1. The number of carboxylic acids is 1. The standard InChI is InChI=1S/C15H22N2O4/c1-10(2)21-8-7-17(4)15(20)16-12-6-5-11(3)13(9-12)14(18)19/h5-6,9-10H,7-8H2,1-4H3,(H,16,20)(H,18,19). The molecule has 6 heteroatoms. The molecule has 21 heavy (non-hydrogen) atoms. The molecule has 116 valence electrons. The predicted octanol–water partition coefficient (Wildman–Crippen LogP) is 2.58. The zero-order valence-corrected chi connectivity index (χ0v) is 12.8. The molecule has 0 unspecified atom stereocenters. The number of aromatic carboxylic acids is 1. The summed E-state index contributed by atoms with van der Waals surface area (Å²) < 4.78 is 5.38. The lowest BCUT2D eigenvalue weighted by atomic mass is 10.1. The van der Waals surface area contributed by atoms with E-state index in [1.807, 2.05) is 13.8 Å². The summed E-state index contributed by atoms with van der Waals surface area (Å²) in [5, 5.41) is 11.7. The molecule has 0 heterocycles. The SMILES string of the molecule is Cc1ccc(NC(=O)N(C)CCOC(C)C)cc1C(=O)O. The van der Waals surface area contributed by atoms with Crippen LogP contribution >= 0.6 is 0 Å². The molecule has 1 aromatic carbocycles. The van der Waals surface area contributed by atoms with Gasteiger partial charge in [0.1, 0.15) is 0 Å². The van der Waals surface area contributed by atoms with Crippen molar-refractivity contribution in [2.24, 2.45) is 0 Å². The van der Waals surface area contributed by atoms with Crippen molar-refractivity contribution in [2.75, 3.05) is 25.5 Å². The van der Waals surface area contributed by atoms with Gasteiger partial charge in [0, 0.05) is 19.3 Å². The molecular formula is C15H22N2O4. The number of hydrogen-bond donors (Lipinski definition) is 2. The van der Waals surface area contributed by atoms with E-state index in [9.17, 15) is 9.59 Å². The van der Waals surface area contributed by atoms with Crippen molar-refractivity contribution in [3.8, 4) is 0 Å². The van der Waals surface area contributed by atoms with Gasteiger partial charge in [-0.3, -0.25) is 0 Å². The third-order valence-electron chi connectivity index (χ3n) is 2.94. The molecule has 0 aliphatic heterocycles. The third kappa shape index (κ3) is 5.43. The van der Waals surface area contributed by atoms with Crippen LogP contribution in [0.5, 0.6) is 0 Å². The van der Waals surface area contributed by atoms with Crippen molar-refractivity contribution in [3.63, 3.8) is 0 Å². The van der Waals surface area contributed by atoms with E-state index >= 15 is 0 Å². The highest BCUT2D eigenvalue weighted by atomic mass is 16.5. The Kier molecular flexibility index (Phi) is 6.17. The summed E-state index contributed by atoms with van der Waals surface area (Å²) in [6, 6.07) is 4.50. The minimum Gasteiger partial charge on any atom is -0.478 e. The number of carboxylic acid groups (broad SMARTS) is 1. The van der Waals surface area contributed by atoms with E-state index in [1.165, 1.54) is 11.0 Å². The van der Waals surface area contributed by atoms with Gasteiger partial charge in [-0.1, -0.05) is 6.07 Å². The molecule has 0 spiro atoms. The Morgan fingerprint density at radius 2 is 2.05 bits per heavy atom. The summed E-state index contributed by atoms with van der Waals surface area (Å²) in [7, 11) is 1.66. The van der Waals surface area contributed by atoms with Gasteiger partial charge in [0.25, 0.3) is 0 Å². The lowest BCUT2D eigenvalue weighted by molar-refractivity contribution is 0.0690. The van der Waals surface area contributed by atoms with Crippen molar-refractivity contribution in [1.82, 2.24) is 4.90 Å². The summed E-state index contributed by atoms with van der Waals surface area (Å²) in [5.41, 5.74) is 1.29. The number of amides is 2. The minimum absolute atomic E-state index is 0.122. The van der Waals surface area contributed by atoms with Crippen LogP contribution in [0.3, 0.4) is 0 Å². The molecule has 0 aliphatic carbocycles. The van der Waals surface area contributed by atoms with E-state index in [4.69, 9.17) is 9.84 Å². The predicted molar refractivity (Wildman–Crippen MR) is 80.9 cm³/mol. The Balaban J connectivity index is 2.62. The number of carbonyl (C=O) groups excluding carboxylic acids is 1. The average Bonchev–Trinajstić information content (AvgIpc) is 2.40. The summed E-state index contributed by atoms with van der Waals surface area (Å²) >= 11 is 0. The number of hydrogen-bond acceptors (Lipinski definition) is 3. The van der Waals surface area contributed by atoms with Crippen LogP contribution in [0.25, 0.3) is 0 Å². The summed E-state index contributed by atoms with van der Waals surface area (Å²) in [6.45, 7) is 6.49. The monoisotopic (exact) mass is 294 g/mol. The molecule has 0 bridgehead atoms. The van der Waals surface area contributed by atoms with Gasteiger partial charge in [-0.05, 0) is 38.5 Å². The molecule has 6 nitrogen and oxygen atoms in total. The first-order chi connectivity index (χ1) is 9.81. The first kappa shape index (κ1) is 17.0. The molecule has 0 saturated heterocycles. The van der Waals surface area contributed by atoms with Crippen LogP contribution in [0.15, 0.2) is 18.2 Å². The van der Waals surface area contributed by atoms with Gasteiger partial charge in [-0.2, -0.15) is 0 Å². The Labute approximate surface area is 124 Å². The van der Waals surface area contributed by atoms with Gasteiger partial charge in [0.05, 0.1) is 18.3 Å². The van der Waals surface area contributed by atoms with E-state index in [1.54, 1.807) is 26.1 Å². The maximum absolute atomic E-state index is 12.0. The highest BCUT2D eigenvalue weighted by molar-refractivity contribution is 5.94. The van der Waals surface area contributed by atoms with Gasteiger partial charge in [0.15, 0.2) is 0 Å². The Morgan fingerprint density at radius 1 is 1.38 bits per heavy atom. The number of ether oxygens (including phenoxy) is 1. The third-order valence-corrected chi connectivity index (χ3v) is 2.94. The smallest absolute Gasteiger partial charge is 0.336 e. The molecule has 0 saturated carbocycles. The summed E-state index contributed by atoms with van der Waals surface area (Å²) in [4.78, 5) is 24.5. The number of likely N-dealkylation sites (N-methyl/N-ethyl adjacent to an activating group) is 1. The van der Waals surface area contributed by atoms with Gasteiger partial charge >= 0.3 is 12.0 Å². The molecule has 2 amide bonds. The second-order valence-corrected chi connectivity index (χ2v) is 5.11. The lowest BCUT2D eigenvalue weighted by Crippen LogP contribution is -2.34. The molecule has 0 fully saturated rings. The molecule has 1 rings (SSSR count). The fourth-order valence-electron chi connectivity index (χ4n) is 1.68. The molecule has 1 aromatic rings. The first-order valence-electron chi connectivity index (χ1n) is 6.79. The fourth-order valence-corrected chi connectivity index (χ4v) is 1.68. The quantitative estimate of drug-likeness (QED) is 0.845. The number of carbonyl (C=O) groups is 2. The zero-order chi connectivity index (χ0) is 16.0. The van der Waals surface area contributed by atoms with Crippen LogP contribution in [0.1, 0.15) is 29.8 Å².